The second-order valence-corrected chi connectivity index (χ2v) is 10.9. The number of hydrogen-bond donors (Lipinski definition) is 1. The highest BCUT2D eigenvalue weighted by atomic mass is 32.2. The highest BCUT2D eigenvalue weighted by Gasteiger charge is 2.33. The van der Waals surface area contributed by atoms with Crippen LogP contribution in [-0.4, -0.2) is 42.0 Å². The van der Waals surface area contributed by atoms with Crippen LogP contribution in [0.5, 0.6) is 5.75 Å². The van der Waals surface area contributed by atoms with Gasteiger partial charge < -0.3 is 4.74 Å². The first-order valence-corrected chi connectivity index (χ1v) is 12.7. The molecule has 1 atom stereocenters. The number of anilines is 1. The molecule has 1 saturated heterocycles. The Bertz CT molecular complexity index is 1220. The number of imide groups is 1. The molecule has 1 aliphatic heterocycles. The molecule has 2 amide bonds. The number of carbonyl (C=O) groups excluding carboxylic acids is 2. The van der Waals surface area contributed by atoms with Crippen LogP contribution in [0.25, 0.3) is 0 Å². The summed E-state index contributed by atoms with van der Waals surface area (Å²) in [5.41, 5.74) is 0.637. The molecule has 2 aromatic rings. The van der Waals surface area contributed by atoms with E-state index in [1.54, 1.807) is 6.92 Å². The summed E-state index contributed by atoms with van der Waals surface area (Å²) in [5.74, 6) is -0.651. The van der Waals surface area contributed by atoms with Gasteiger partial charge in [0.2, 0.25) is 21.8 Å². The van der Waals surface area contributed by atoms with Gasteiger partial charge in [-0.1, -0.05) is 12.1 Å². The lowest BCUT2D eigenvalue weighted by Crippen LogP contribution is -2.30. The van der Waals surface area contributed by atoms with Crippen molar-refractivity contribution in [3.8, 4) is 5.75 Å². The summed E-state index contributed by atoms with van der Waals surface area (Å²) < 4.78 is 56.8. The van der Waals surface area contributed by atoms with E-state index in [9.17, 15) is 26.4 Å². The Kier molecular flexibility index (Phi) is 6.21. The van der Waals surface area contributed by atoms with Crippen LogP contribution in [-0.2, 0) is 29.4 Å². The fourth-order valence-corrected chi connectivity index (χ4v) is 5.11. The van der Waals surface area contributed by atoms with Gasteiger partial charge in [0, 0.05) is 25.1 Å². The van der Waals surface area contributed by atoms with E-state index in [1.165, 1.54) is 49.6 Å². The van der Waals surface area contributed by atoms with E-state index >= 15 is 0 Å². The molecular weight excluding hydrogens is 444 g/mol. The number of ether oxygens (including phenoxy) is 1. The Morgan fingerprint density at radius 1 is 0.935 bits per heavy atom. The summed E-state index contributed by atoms with van der Waals surface area (Å²) in [4.78, 5) is 25.2. The van der Waals surface area contributed by atoms with Crippen molar-refractivity contribution in [2.45, 2.75) is 35.6 Å². The van der Waals surface area contributed by atoms with Crippen molar-refractivity contribution >= 4 is 37.4 Å². The largest absolute Gasteiger partial charge is 0.495 e. The van der Waals surface area contributed by atoms with Gasteiger partial charge >= 0.3 is 0 Å². The zero-order valence-electron chi connectivity index (χ0n) is 17.2. The predicted molar refractivity (Wildman–Crippen MR) is 113 cm³/mol. The first kappa shape index (κ1) is 22.9. The van der Waals surface area contributed by atoms with Crippen LogP contribution in [0, 0.1) is 0 Å². The van der Waals surface area contributed by atoms with Gasteiger partial charge in [0.25, 0.3) is 0 Å². The van der Waals surface area contributed by atoms with Gasteiger partial charge in [-0.25, -0.2) is 26.5 Å². The van der Waals surface area contributed by atoms with Crippen molar-refractivity contribution in [3.05, 3.63) is 48.0 Å². The van der Waals surface area contributed by atoms with Crippen molar-refractivity contribution in [2.75, 3.05) is 18.3 Å². The Morgan fingerprint density at radius 2 is 1.48 bits per heavy atom. The summed E-state index contributed by atoms with van der Waals surface area (Å²) in [6, 6.07) is 9.14. The number of carbonyl (C=O) groups is 2. The fourth-order valence-electron chi connectivity index (χ4n) is 3.23. The minimum absolute atomic E-state index is 0.0533. The van der Waals surface area contributed by atoms with Crippen molar-refractivity contribution < 1.29 is 31.2 Å². The molecule has 3 rings (SSSR count). The maximum Gasteiger partial charge on any atom is 0.241 e. The second-order valence-electron chi connectivity index (χ2n) is 7.14. The number of hydrogen-bond acceptors (Lipinski definition) is 7. The third-order valence-electron chi connectivity index (χ3n) is 4.89. The summed E-state index contributed by atoms with van der Waals surface area (Å²) in [5, 5.41) is 0. The van der Waals surface area contributed by atoms with Gasteiger partial charge in [0.05, 0.1) is 22.6 Å². The molecule has 0 saturated carbocycles. The second kappa shape index (κ2) is 8.40. The molecule has 31 heavy (non-hydrogen) atoms. The van der Waals surface area contributed by atoms with E-state index in [0.717, 1.165) is 11.2 Å². The lowest BCUT2D eigenvalue weighted by Gasteiger charge is -2.20. The highest BCUT2D eigenvalue weighted by molar-refractivity contribution is 7.90. The summed E-state index contributed by atoms with van der Waals surface area (Å²) >= 11 is 0. The molecule has 1 aliphatic rings. The quantitative estimate of drug-likeness (QED) is 0.616. The Morgan fingerprint density at radius 3 is 2.00 bits per heavy atom. The zero-order valence-corrected chi connectivity index (χ0v) is 18.8. The molecule has 166 valence electrons. The summed E-state index contributed by atoms with van der Waals surface area (Å²) in [6.07, 6.45) is 1.20. The van der Waals surface area contributed by atoms with Crippen molar-refractivity contribution in [3.63, 3.8) is 0 Å². The Balaban J connectivity index is 1.90. The lowest BCUT2D eigenvalue weighted by atomic mass is 10.1. The van der Waals surface area contributed by atoms with Crippen LogP contribution in [0.4, 0.5) is 5.69 Å². The predicted octanol–water partition coefficient (Wildman–Crippen LogP) is 1.79. The number of amides is 2. The number of nitrogens with one attached hydrogen (secondary N) is 1. The standard InChI is InChI=1S/C20H22N2O7S2/c1-13(14-4-6-15(7-5-14)30(3,25)26)21-31(27,28)16-8-9-18(29-2)17(12-16)22-19(23)10-11-20(22)24/h4-9,12-13,21H,10-11H2,1-3H3/t13-/m0/s1. The molecule has 0 bridgehead atoms. The Hall–Kier alpha value is -2.76. The molecule has 0 aromatic heterocycles. The lowest BCUT2D eigenvalue weighted by molar-refractivity contribution is -0.121. The number of benzene rings is 2. The SMILES string of the molecule is COc1ccc(S(=O)(=O)N[C@@H](C)c2ccc(S(C)(=O)=O)cc2)cc1N1C(=O)CCC1=O. The van der Waals surface area contributed by atoms with E-state index in [2.05, 4.69) is 4.72 Å². The molecular formula is C20H22N2O7S2. The van der Waals surface area contributed by atoms with E-state index in [0.29, 0.717) is 5.56 Å². The van der Waals surface area contributed by atoms with Crippen molar-refractivity contribution in [1.82, 2.24) is 4.72 Å². The Labute approximate surface area is 181 Å². The zero-order chi connectivity index (χ0) is 23.0. The number of sulfone groups is 1. The number of nitrogens with zero attached hydrogens (tertiary/aromatic N) is 1. The van der Waals surface area contributed by atoms with Crippen LogP contribution in [0.15, 0.2) is 52.3 Å². The smallest absolute Gasteiger partial charge is 0.241 e. The summed E-state index contributed by atoms with van der Waals surface area (Å²) in [7, 11) is -6.03. The maximum atomic E-state index is 12.9. The maximum absolute atomic E-state index is 12.9. The topological polar surface area (TPSA) is 127 Å². The van der Waals surface area contributed by atoms with Crippen LogP contribution in [0.3, 0.4) is 0 Å². The summed E-state index contributed by atoms with van der Waals surface area (Å²) in [6.45, 7) is 1.62. The minimum Gasteiger partial charge on any atom is -0.495 e. The molecule has 9 nitrogen and oxygen atoms in total. The molecule has 0 aliphatic carbocycles. The van der Waals surface area contributed by atoms with Gasteiger partial charge in [-0.05, 0) is 42.8 Å². The molecule has 1 fully saturated rings. The molecule has 1 N–H and O–H groups in total. The van der Waals surface area contributed by atoms with Crippen LogP contribution in [0.1, 0.15) is 31.4 Å². The van der Waals surface area contributed by atoms with E-state index < -0.39 is 37.7 Å². The highest BCUT2D eigenvalue weighted by Crippen LogP contribution is 2.34. The first-order chi connectivity index (χ1) is 14.4. The van der Waals surface area contributed by atoms with E-state index in [4.69, 9.17) is 4.74 Å². The minimum atomic E-state index is -4.03. The van der Waals surface area contributed by atoms with Crippen LogP contribution < -0.4 is 14.4 Å². The van der Waals surface area contributed by atoms with Gasteiger partial charge in [-0.2, -0.15) is 0 Å². The van der Waals surface area contributed by atoms with Gasteiger partial charge in [-0.3, -0.25) is 9.59 Å². The van der Waals surface area contributed by atoms with Crippen LogP contribution in [0.2, 0.25) is 0 Å². The average molecular weight is 467 g/mol. The monoisotopic (exact) mass is 466 g/mol. The van der Waals surface area contributed by atoms with Crippen molar-refractivity contribution in [1.29, 1.82) is 0 Å². The molecule has 2 aromatic carbocycles. The fraction of sp³-hybridized carbons (Fsp3) is 0.300. The van der Waals surface area contributed by atoms with Crippen molar-refractivity contribution in [2.24, 2.45) is 0 Å². The van der Waals surface area contributed by atoms with E-state index in [-0.39, 0.29) is 34.1 Å². The molecule has 0 radical (unpaired) electrons. The molecule has 0 spiro atoms. The molecule has 1 heterocycles. The van der Waals surface area contributed by atoms with Gasteiger partial charge in [-0.15, -0.1) is 0 Å². The third kappa shape index (κ3) is 4.78. The average Bonchev–Trinajstić information content (AvgIpc) is 3.04. The van der Waals surface area contributed by atoms with Gasteiger partial charge in [0.15, 0.2) is 9.84 Å². The van der Waals surface area contributed by atoms with E-state index in [1.807, 2.05) is 0 Å². The third-order valence-corrected chi connectivity index (χ3v) is 7.56. The number of sulfonamides is 1. The van der Waals surface area contributed by atoms with Gasteiger partial charge in [0.1, 0.15) is 5.75 Å². The molecule has 11 heteroatoms. The number of rotatable bonds is 7. The van der Waals surface area contributed by atoms with Crippen LogP contribution >= 0.6 is 0 Å². The number of methoxy groups -OCH3 is 1. The first-order valence-electron chi connectivity index (χ1n) is 9.30. The molecule has 0 unspecified atom stereocenters. The normalized spacial score (nSPS) is 15.9.